The zero-order valence-electron chi connectivity index (χ0n) is 13.1. The van der Waals surface area contributed by atoms with Gasteiger partial charge in [0.05, 0.1) is 12.6 Å². The molecule has 2 saturated heterocycles. The predicted molar refractivity (Wildman–Crippen MR) is 88.3 cm³/mol. The molecule has 5 heteroatoms. The lowest BCUT2D eigenvalue weighted by Crippen LogP contribution is -2.41. The van der Waals surface area contributed by atoms with Crippen molar-refractivity contribution in [1.29, 1.82) is 0 Å². The molecule has 2 aliphatic rings. The van der Waals surface area contributed by atoms with Crippen molar-refractivity contribution >= 4 is 11.9 Å². The lowest BCUT2D eigenvalue weighted by molar-refractivity contribution is 0.0135. The third kappa shape index (κ3) is 2.12. The van der Waals surface area contributed by atoms with E-state index in [2.05, 4.69) is 0 Å². The highest BCUT2D eigenvalue weighted by Gasteiger charge is 2.55. The summed E-state index contributed by atoms with van der Waals surface area (Å²) < 4.78 is 0. The number of carbonyl (C=O) groups is 2. The number of urea groups is 1. The third-order valence-corrected chi connectivity index (χ3v) is 5.03. The van der Waals surface area contributed by atoms with Crippen molar-refractivity contribution in [3.05, 3.63) is 71.8 Å². The molecule has 0 bridgehead atoms. The van der Waals surface area contributed by atoms with Gasteiger partial charge in [-0.2, -0.15) is 0 Å². The van der Waals surface area contributed by atoms with E-state index in [-0.39, 0.29) is 18.5 Å². The predicted octanol–water partition coefficient (Wildman–Crippen LogP) is 2.22. The van der Waals surface area contributed by atoms with E-state index in [1.165, 1.54) is 4.90 Å². The first kappa shape index (κ1) is 14.9. The van der Waals surface area contributed by atoms with Gasteiger partial charge in [0.2, 0.25) is 0 Å². The molecule has 0 saturated carbocycles. The van der Waals surface area contributed by atoms with Gasteiger partial charge in [-0.25, -0.2) is 4.79 Å². The van der Waals surface area contributed by atoms with Crippen LogP contribution in [0.3, 0.4) is 0 Å². The summed E-state index contributed by atoms with van der Waals surface area (Å²) in [5.41, 5.74) is 0.164. The topological polar surface area (TPSA) is 60.9 Å². The van der Waals surface area contributed by atoms with Crippen molar-refractivity contribution in [1.82, 2.24) is 9.80 Å². The fraction of sp³-hybridized carbons (Fsp3) is 0.263. The summed E-state index contributed by atoms with van der Waals surface area (Å²) in [5, 5.41) is 11.2. The van der Waals surface area contributed by atoms with E-state index < -0.39 is 11.6 Å². The number of rotatable bonds is 2. The summed E-state index contributed by atoms with van der Waals surface area (Å²) in [5.74, 6) is -0.314. The van der Waals surface area contributed by atoms with Gasteiger partial charge >= 0.3 is 6.03 Å². The van der Waals surface area contributed by atoms with Crippen molar-refractivity contribution in [2.75, 3.05) is 13.1 Å². The van der Waals surface area contributed by atoms with Crippen molar-refractivity contribution in [3.63, 3.8) is 0 Å². The molecule has 0 aliphatic carbocycles. The van der Waals surface area contributed by atoms with Gasteiger partial charge in [-0.1, -0.05) is 48.5 Å². The van der Waals surface area contributed by atoms with Crippen LogP contribution in [0.2, 0.25) is 0 Å². The van der Waals surface area contributed by atoms with Gasteiger partial charge in [-0.05, 0) is 17.7 Å². The second-order valence-electron chi connectivity index (χ2n) is 6.31. The van der Waals surface area contributed by atoms with Gasteiger partial charge in [0.1, 0.15) is 5.60 Å². The third-order valence-electron chi connectivity index (χ3n) is 5.03. The van der Waals surface area contributed by atoms with Gasteiger partial charge in [-0.15, -0.1) is 0 Å². The maximum absolute atomic E-state index is 12.6. The van der Waals surface area contributed by atoms with Crippen LogP contribution in [0.4, 0.5) is 4.79 Å². The van der Waals surface area contributed by atoms with Crippen LogP contribution in [0.15, 0.2) is 60.7 Å². The van der Waals surface area contributed by atoms with Crippen LogP contribution >= 0.6 is 0 Å². The summed E-state index contributed by atoms with van der Waals surface area (Å²) in [4.78, 5) is 28.1. The largest absolute Gasteiger partial charge is 0.383 e. The molecule has 2 aliphatic heterocycles. The number of carbonyl (C=O) groups excluding carboxylic acids is 2. The van der Waals surface area contributed by atoms with Crippen LogP contribution in [0.1, 0.15) is 22.3 Å². The lowest BCUT2D eigenvalue weighted by Gasteiger charge is -2.29. The molecular formula is C19H18N2O3. The molecule has 2 fully saturated rings. The van der Waals surface area contributed by atoms with Crippen LogP contribution < -0.4 is 0 Å². The van der Waals surface area contributed by atoms with Crippen LogP contribution in [-0.4, -0.2) is 46.0 Å². The van der Waals surface area contributed by atoms with Gasteiger partial charge in [-0.3, -0.25) is 9.69 Å². The summed E-state index contributed by atoms with van der Waals surface area (Å²) in [6.07, 6.45) is 0.487. The van der Waals surface area contributed by atoms with Crippen LogP contribution in [0.25, 0.3) is 0 Å². The Kier molecular flexibility index (Phi) is 3.39. The monoisotopic (exact) mass is 322 g/mol. The molecule has 5 nitrogen and oxygen atoms in total. The van der Waals surface area contributed by atoms with Crippen LogP contribution in [-0.2, 0) is 5.60 Å². The molecule has 0 spiro atoms. The second kappa shape index (κ2) is 5.46. The van der Waals surface area contributed by atoms with Crippen LogP contribution in [0.5, 0.6) is 0 Å². The van der Waals surface area contributed by atoms with E-state index in [1.54, 1.807) is 29.2 Å². The Morgan fingerprint density at radius 1 is 1.04 bits per heavy atom. The molecule has 2 aromatic carbocycles. The smallest absolute Gasteiger partial charge is 0.327 e. The molecule has 0 radical (unpaired) electrons. The number of imide groups is 1. The summed E-state index contributed by atoms with van der Waals surface area (Å²) in [6.45, 7) is 0.658. The number of hydrogen-bond acceptors (Lipinski definition) is 3. The Balaban J connectivity index is 1.64. The van der Waals surface area contributed by atoms with E-state index in [9.17, 15) is 14.7 Å². The Bertz CT molecular complexity index is 778. The molecule has 122 valence electrons. The average molecular weight is 322 g/mol. The van der Waals surface area contributed by atoms with E-state index in [0.717, 1.165) is 5.56 Å². The normalized spacial score (nSPS) is 25.9. The second-order valence-corrected chi connectivity index (χ2v) is 6.31. The molecule has 4 rings (SSSR count). The van der Waals surface area contributed by atoms with Gasteiger partial charge < -0.3 is 10.0 Å². The summed E-state index contributed by atoms with van der Waals surface area (Å²) in [6, 6.07) is 17.4. The summed E-state index contributed by atoms with van der Waals surface area (Å²) >= 11 is 0. The minimum atomic E-state index is -1.11. The maximum Gasteiger partial charge on any atom is 0.327 e. The quantitative estimate of drug-likeness (QED) is 0.922. The standard InChI is InChI=1S/C19H18N2O3/c22-17(14-7-3-1-4-8-14)21-13-16-19(24,11-12-20(16)18(21)23)15-9-5-2-6-10-15/h1-10,16,24H,11-13H2/t16-,19-/m1/s1. The van der Waals surface area contributed by atoms with Gasteiger partial charge in [0.15, 0.2) is 0 Å². The molecule has 3 amide bonds. The Labute approximate surface area is 140 Å². The van der Waals surface area contributed by atoms with Crippen molar-refractivity contribution in [2.45, 2.75) is 18.1 Å². The number of aliphatic hydroxyl groups is 1. The van der Waals surface area contributed by atoms with Crippen LogP contribution in [0, 0.1) is 0 Å². The van der Waals surface area contributed by atoms with E-state index in [4.69, 9.17) is 0 Å². The van der Waals surface area contributed by atoms with Crippen molar-refractivity contribution in [3.8, 4) is 0 Å². The molecule has 0 aromatic heterocycles. The minimum Gasteiger partial charge on any atom is -0.383 e. The Morgan fingerprint density at radius 2 is 1.67 bits per heavy atom. The average Bonchev–Trinajstić information content (AvgIpc) is 3.15. The minimum absolute atomic E-state index is 0.206. The first-order valence-electron chi connectivity index (χ1n) is 8.07. The first-order valence-corrected chi connectivity index (χ1v) is 8.07. The number of benzene rings is 2. The SMILES string of the molecule is O=C(c1ccccc1)N1C[C@H]2N(CC[C@@]2(O)c2ccccc2)C1=O. The molecular weight excluding hydrogens is 304 g/mol. The molecule has 2 atom stereocenters. The molecule has 2 heterocycles. The zero-order valence-corrected chi connectivity index (χ0v) is 13.1. The molecule has 0 unspecified atom stereocenters. The highest BCUT2D eigenvalue weighted by molar-refractivity contribution is 6.05. The maximum atomic E-state index is 12.6. The van der Waals surface area contributed by atoms with E-state index >= 15 is 0 Å². The number of fused-ring (bicyclic) bond motifs is 1. The fourth-order valence-corrected chi connectivity index (χ4v) is 3.73. The Morgan fingerprint density at radius 3 is 2.33 bits per heavy atom. The Hall–Kier alpha value is -2.66. The van der Waals surface area contributed by atoms with Gasteiger partial charge in [0, 0.05) is 18.5 Å². The summed E-state index contributed by atoms with van der Waals surface area (Å²) in [7, 11) is 0. The van der Waals surface area contributed by atoms with Crippen molar-refractivity contribution in [2.24, 2.45) is 0 Å². The van der Waals surface area contributed by atoms with Crippen molar-refractivity contribution < 1.29 is 14.7 Å². The number of amides is 3. The highest BCUT2D eigenvalue weighted by atomic mass is 16.3. The highest BCUT2D eigenvalue weighted by Crippen LogP contribution is 2.41. The first-order chi connectivity index (χ1) is 11.6. The fourth-order valence-electron chi connectivity index (χ4n) is 3.73. The van der Waals surface area contributed by atoms with Gasteiger partial charge in [0.25, 0.3) is 5.91 Å². The molecule has 24 heavy (non-hydrogen) atoms. The van der Waals surface area contributed by atoms with E-state index in [1.807, 2.05) is 36.4 Å². The number of hydrogen-bond donors (Lipinski definition) is 1. The lowest BCUT2D eigenvalue weighted by atomic mass is 9.86. The zero-order chi connectivity index (χ0) is 16.7. The number of nitrogens with zero attached hydrogens (tertiary/aromatic N) is 2. The van der Waals surface area contributed by atoms with E-state index in [0.29, 0.717) is 18.5 Å². The molecule has 2 aromatic rings. The molecule has 1 N–H and O–H groups in total.